The molecule has 0 aliphatic carbocycles. The summed E-state index contributed by atoms with van der Waals surface area (Å²) < 4.78 is 27.1. The van der Waals surface area contributed by atoms with Crippen LogP contribution in [0.3, 0.4) is 0 Å². The minimum absolute atomic E-state index is 0.199. The van der Waals surface area contributed by atoms with Crippen LogP contribution in [-0.2, 0) is 10.0 Å². The molecule has 0 bridgehead atoms. The topological polar surface area (TPSA) is 57.6 Å². The fraction of sp³-hybridized carbons (Fsp3) is 0.238. The molecule has 1 heterocycles. The van der Waals surface area contributed by atoms with Crippen LogP contribution in [0, 0.1) is 30.7 Å². The van der Waals surface area contributed by atoms with E-state index in [4.69, 9.17) is 0 Å². The number of hydrogen-bond donors (Lipinski definition) is 1. The molecule has 0 fully saturated rings. The molecule has 0 saturated heterocycles. The van der Waals surface area contributed by atoms with Gasteiger partial charge in [-0.1, -0.05) is 41.7 Å². The van der Waals surface area contributed by atoms with Crippen molar-refractivity contribution in [3.63, 3.8) is 0 Å². The van der Waals surface area contributed by atoms with Crippen LogP contribution < -0.4 is 0 Å². The second-order valence-electron chi connectivity index (χ2n) is 6.10. The van der Waals surface area contributed by atoms with Crippen molar-refractivity contribution in [3.05, 3.63) is 65.2 Å². The fourth-order valence-electron chi connectivity index (χ4n) is 2.56. The summed E-state index contributed by atoms with van der Waals surface area (Å²) in [6, 6.07) is 16.7. The molecule has 0 unspecified atom stereocenters. The summed E-state index contributed by atoms with van der Waals surface area (Å²) in [5.41, 5.74) is 2.30. The van der Waals surface area contributed by atoms with E-state index in [0.29, 0.717) is 24.0 Å². The van der Waals surface area contributed by atoms with Gasteiger partial charge in [-0.25, -0.2) is 12.7 Å². The molecule has 1 atom stereocenters. The summed E-state index contributed by atoms with van der Waals surface area (Å²) in [6.07, 6.45) is 0.0491. The Morgan fingerprint density at radius 3 is 2.38 bits per heavy atom. The van der Waals surface area contributed by atoms with Gasteiger partial charge in [-0.2, -0.15) is 0 Å². The van der Waals surface area contributed by atoms with Gasteiger partial charge >= 0.3 is 0 Å². The van der Waals surface area contributed by atoms with Crippen LogP contribution in [0.2, 0.25) is 0 Å². The number of fused-ring (bicyclic) bond motifs is 1. The van der Waals surface area contributed by atoms with Gasteiger partial charge in [-0.15, -0.1) is 0 Å². The highest BCUT2D eigenvalue weighted by Gasteiger charge is 2.22. The monoisotopic (exact) mass is 365 g/mol. The predicted molar refractivity (Wildman–Crippen MR) is 101 cm³/mol. The molecule has 0 saturated carbocycles. The Balaban J connectivity index is 2.04. The summed E-state index contributed by atoms with van der Waals surface area (Å²) in [7, 11) is -3.74. The van der Waals surface area contributed by atoms with Crippen LogP contribution in [0.5, 0.6) is 0 Å². The first-order chi connectivity index (χ1) is 12.5. The molecule has 0 amide bonds. The zero-order valence-corrected chi connectivity index (χ0v) is 15.3. The van der Waals surface area contributed by atoms with Crippen molar-refractivity contribution in [1.82, 2.24) is 4.31 Å². The largest absolute Gasteiger partial charge is 0.380 e. The molecule has 1 aliphatic rings. The minimum atomic E-state index is -3.74. The molecule has 26 heavy (non-hydrogen) atoms. The average molecular weight is 365 g/mol. The van der Waals surface area contributed by atoms with Gasteiger partial charge in [0.1, 0.15) is 6.10 Å². The molecule has 3 rings (SSSR count). The second kappa shape index (κ2) is 7.66. The van der Waals surface area contributed by atoms with Crippen LogP contribution in [0.15, 0.2) is 53.4 Å². The maximum Gasteiger partial charge on any atom is 0.270 e. The Hall–Kier alpha value is -2.73. The van der Waals surface area contributed by atoms with Crippen LogP contribution in [0.1, 0.15) is 29.5 Å². The van der Waals surface area contributed by atoms with Crippen molar-refractivity contribution in [3.8, 4) is 23.8 Å². The average Bonchev–Trinajstić information content (AvgIpc) is 2.66. The van der Waals surface area contributed by atoms with Crippen LogP contribution >= 0.6 is 0 Å². The number of rotatable bonds is 2. The highest BCUT2D eigenvalue weighted by molar-refractivity contribution is 7.89. The standard InChI is InChI=1S/C21H19NO3S/c1-17-8-12-21(13-9-17)26(24,25)22-15-4-7-20(23)11-10-18-5-2-3-6-19(18)14-16-22/h2-3,5-6,8-9,12-13,20,23H,4,7,15H2,1H3/t20-/m0/s1. The highest BCUT2D eigenvalue weighted by Crippen LogP contribution is 2.17. The van der Waals surface area contributed by atoms with Gasteiger partial charge in [0.2, 0.25) is 0 Å². The van der Waals surface area contributed by atoms with Gasteiger partial charge in [-0.05, 0) is 50.0 Å². The Labute approximate surface area is 154 Å². The van der Waals surface area contributed by atoms with E-state index < -0.39 is 16.1 Å². The highest BCUT2D eigenvalue weighted by atomic mass is 32.2. The van der Waals surface area contributed by atoms with Crippen LogP contribution in [0.25, 0.3) is 0 Å². The van der Waals surface area contributed by atoms with Gasteiger partial charge in [-0.3, -0.25) is 0 Å². The maximum atomic E-state index is 13.0. The van der Waals surface area contributed by atoms with E-state index in [-0.39, 0.29) is 11.4 Å². The maximum absolute atomic E-state index is 13.0. The zero-order chi connectivity index (χ0) is 18.6. The Morgan fingerprint density at radius 1 is 1.04 bits per heavy atom. The normalized spacial score (nSPS) is 17.0. The second-order valence-corrected chi connectivity index (χ2v) is 7.96. The fourth-order valence-corrected chi connectivity index (χ4v) is 3.83. The van der Waals surface area contributed by atoms with Crippen molar-refractivity contribution in [2.45, 2.75) is 30.8 Å². The van der Waals surface area contributed by atoms with Gasteiger partial charge in [0.15, 0.2) is 0 Å². The van der Waals surface area contributed by atoms with E-state index in [9.17, 15) is 13.5 Å². The molecule has 132 valence electrons. The molecule has 1 N–H and O–H groups in total. The third-order valence-corrected chi connectivity index (χ3v) is 5.79. The molecular weight excluding hydrogens is 346 g/mol. The van der Waals surface area contributed by atoms with E-state index in [1.165, 1.54) is 0 Å². The number of nitrogens with zero attached hydrogens (tertiary/aromatic N) is 1. The van der Waals surface area contributed by atoms with Crippen molar-refractivity contribution in [1.29, 1.82) is 0 Å². The third kappa shape index (κ3) is 4.08. The summed E-state index contributed by atoms with van der Waals surface area (Å²) in [6.45, 7) is 2.10. The van der Waals surface area contributed by atoms with E-state index in [0.717, 1.165) is 9.87 Å². The smallest absolute Gasteiger partial charge is 0.270 e. The van der Waals surface area contributed by atoms with E-state index >= 15 is 0 Å². The van der Waals surface area contributed by atoms with E-state index in [1.807, 2.05) is 19.1 Å². The number of hydrogen-bond acceptors (Lipinski definition) is 3. The third-order valence-electron chi connectivity index (χ3n) is 4.06. The number of sulfonamides is 1. The van der Waals surface area contributed by atoms with Crippen molar-refractivity contribution in [2.24, 2.45) is 0 Å². The van der Waals surface area contributed by atoms with Crippen molar-refractivity contribution >= 4 is 10.0 Å². The Morgan fingerprint density at radius 2 is 1.69 bits per heavy atom. The molecular formula is C21H19NO3S. The van der Waals surface area contributed by atoms with E-state index in [1.54, 1.807) is 36.4 Å². The lowest BCUT2D eigenvalue weighted by molar-refractivity contribution is 0.216. The van der Waals surface area contributed by atoms with Crippen molar-refractivity contribution in [2.75, 3.05) is 6.54 Å². The van der Waals surface area contributed by atoms with Gasteiger partial charge in [0.05, 0.1) is 4.90 Å². The first-order valence-electron chi connectivity index (χ1n) is 8.36. The number of aliphatic hydroxyl groups excluding tert-OH is 1. The summed E-state index contributed by atoms with van der Waals surface area (Å²) in [5, 5.41) is 10.0. The SMILES string of the molecule is Cc1ccc(S(=O)(=O)N2C#Cc3ccccc3C#C[C@@H](O)CCC2)cc1. The van der Waals surface area contributed by atoms with Crippen LogP contribution in [-0.4, -0.2) is 30.5 Å². The van der Waals surface area contributed by atoms with Gasteiger partial charge < -0.3 is 5.11 Å². The lowest BCUT2D eigenvalue weighted by Crippen LogP contribution is -2.28. The quantitative estimate of drug-likeness (QED) is 0.832. The van der Waals surface area contributed by atoms with Crippen molar-refractivity contribution < 1.29 is 13.5 Å². The lowest BCUT2D eigenvalue weighted by Gasteiger charge is -2.18. The Kier molecular flexibility index (Phi) is 5.32. The number of benzene rings is 2. The minimum Gasteiger partial charge on any atom is -0.380 e. The first-order valence-corrected chi connectivity index (χ1v) is 9.80. The van der Waals surface area contributed by atoms with Gasteiger partial charge in [0.25, 0.3) is 10.0 Å². The molecule has 2 aromatic carbocycles. The molecule has 2 aromatic rings. The molecule has 1 aliphatic heterocycles. The molecule has 0 aromatic heterocycles. The lowest BCUT2D eigenvalue weighted by atomic mass is 10.1. The van der Waals surface area contributed by atoms with Crippen LogP contribution in [0.4, 0.5) is 0 Å². The molecule has 0 spiro atoms. The summed E-state index contributed by atoms with van der Waals surface area (Å²) in [4.78, 5) is 0.206. The molecule has 4 nitrogen and oxygen atoms in total. The zero-order valence-electron chi connectivity index (χ0n) is 14.4. The molecule has 0 radical (unpaired) electrons. The summed E-state index contributed by atoms with van der Waals surface area (Å²) >= 11 is 0. The Bertz CT molecular complexity index is 1020. The number of aliphatic hydroxyl groups is 1. The van der Waals surface area contributed by atoms with E-state index in [2.05, 4.69) is 23.8 Å². The predicted octanol–water partition coefficient (Wildman–Crippen LogP) is 2.50. The number of aryl methyl sites for hydroxylation is 1. The summed E-state index contributed by atoms with van der Waals surface area (Å²) in [5.74, 6) is 8.65. The molecule has 5 heteroatoms. The first kappa shape index (κ1) is 18.1. The van der Waals surface area contributed by atoms with Gasteiger partial charge in [0, 0.05) is 23.7 Å².